The minimum Gasteiger partial charge on any atom is -0.496 e. The normalized spacial score (nSPS) is 10.8. The van der Waals surface area contributed by atoms with E-state index in [0.29, 0.717) is 5.82 Å². The zero-order valence-corrected chi connectivity index (χ0v) is 14.0. The number of aryl methyl sites for hydroxylation is 2. The number of nitrogens with zero attached hydrogens (tertiary/aromatic N) is 2. The molecule has 0 radical (unpaired) electrons. The third kappa shape index (κ3) is 3.03. The second-order valence-corrected chi connectivity index (χ2v) is 5.60. The Morgan fingerprint density at radius 3 is 2.54 bits per heavy atom. The molecule has 2 aromatic carbocycles. The molecule has 0 aliphatic rings. The van der Waals surface area contributed by atoms with E-state index in [0.717, 1.165) is 39.1 Å². The molecule has 0 bridgehead atoms. The summed E-state index contributed by atoms with van der Waals surface area (Å²) in [5, 5.41) is 9.82. The van der Waals surface area contributed by atoms with Crippen molar-refractivity contribution in [1.82, 2.24) is 9.97 Å². The summed E-state index contributed by atoms with van der Waals surface area (Å²) in [6.45, 7) is 4.24. The minimum atomic E-state index is -0.00372. The summed E-state index contributed by atoms with van der Waals surface area (Å²) in [6.07, 6.45) is 1.79. The molecular weight excluding hydrogens is 304 g/mol. The Morgan fingerprint density at radius 1 is 1.12 bits per heavy atom. The van der Waals surface area contributed by atoms with Gasteiger partial charge in [0.15, 0.2) is 5.82 Å². The van der Waals surface area contributed by atoms with Crippen LogP contribution in [0, 0.1) is 13.8 Å². The Kier molecular flexibility index (Phi) is 4.62. The fourth-order valence-electron chi connectivity index (χ4n) is 2.80. The van der Waals surface area contributed by atoms with Crippen molar-refractivity contribution in [3.63, 3.8) is 0 Å². The summed E-state index contributed by atoms with van der Waals surface area (Å²) in [6, 6.07) is 9.76. The van der Waals surface area contributed by atoms with Crippen LogP contribution in [0.4, 0.5) is 0 Å². The van der Waals surface area contributed by atoms with Gasteiger partial charge in [-0.25, -0.2) is 9.97 Å². The van der Waals surface area contributed by atoms with Gasteiger partial charge in [-0.05, 0) is 49.2 Å². The smallest absolute Gasteiger partial charge is 0.159 e. The topological polar surface area (TPSA) is 64.5 Å². The number of benzene rings is 2. The fraction of sp³-hybridized carbons (Fsp3) is 0.263. The Balaban J connectivity index is 2.04. The minimum absolute atomic E-state index is 0.00372. The molecule has 0 spiro atoms. The van der Waals surface area contributed by atoms with Gasteiger partial charge < -0.3 is 14.6 Å². The number of ether oxygens (including phenoxy) is 2. The van der Waals surface area contributed by atoms with E-state index in [-0.39, 0.29) is 13.2 Å². The highest BCUT2D eigenvalue weighted by atomic mass is 16.5. The number of methoxy groups -OCH3 is 1. The maximum Gasteiger partial charge on any atom is 0.159 e. The molecule has 5 heteroatoms. The summed E-state index contributed by atoms with van der Waals surface area (Å²) in [7, 11) is 1.64. The van der Waals surface area contributed by atoms with Crippen molar-refractivity contribution in [3.8, 4) is 22.9 Å². The van der Waals surface area contributed by atoms with E-state index in [1.165, 1.54) is 0 Å². The van der Waals surface area contributed by atoms with Crippen molar-refractivity contribution >= 4 is 10.9 Å². The largest absolute Gasteiger partial charge is 0.496 e. The van der Waals surface area contributed by atoms with Gasteiger partial charge in [0.05, 0.1) is 24.6 Å². The van der Waals surface area contributed by atoms with Gasteiger partial charge in [0.2, 0.25) is 0 Å². The lowest BCUT2D eigenvalue weighted by Gasteiger charge is -2.13. The van der Waals surface area contributed by atoms with Crippen LogP contribution >= 0.6 is 0 Å². The van der Waals surface area contributed by atoms with Crippen LogP contribution in [0.2, 0.25) is 0 Å². The van der Waals surface area contributed by atoms with Crippen molar-refractivity contribution in [2.75, 3.05) is 20.3 Å². The highest BCUT2D eigenvalue weighted by Crippen LogP contribution is 2.30. The molecule has 0 saturated heterocycles. The molecule has 1 N–H and O–H groups in total. The van der Waals surface area contributed by atoms with Crippen molar-refractivity contribution in [2.45, 2.75) is 13.8 Å². The van der Waals surface area contributed by atoms with Crippen molar-refractivity contribution in [3.05, 3.63) is 47.7 Å². The molecule has 124 valence electrons. The number of aliphatic hydroxyl groups is 1. The van der Waals surface area contributed by atoms with E-state index in [2.05, 4.69) is 9.97 Å². The van der Waals surface area contributed by atoms with Crippen LogP contribution in [-0.2, 0) is 0 Å². The first-order valence-corrected chi connectivity index (χ1v) is 7.79. The molecule has 24 heavy (non-hydrogen) atoms. The van der Waals surface area contributed by atoms with Crippen LogP contribution in [0.15, 0.2) is 36.5 Å². The Labute approximate surface area is 140 Å². The predicted molar refractivity (Wildman–Crippen MR) is 93.6 cm³/mol. The summed E-state index contributed by atoms with van der Waals surface area (Å²) in [5.41, 5.74) is 3.77. The quantitative estimate of drug-likeness (QED) is 0.780. The van der Waals surface area contributed by atoms with Gasteiger partial charge >= 0.3 is 0 Å². The molecule has 1 heterocycles. The highest BCUT2D eigenvalue weighted by Gasteiger charge is 2.11. The number of hydrogen-bond donors (Lipinski definition) is 1. The van der Waals surface area contributed by atoms with Gasteiger partial charge in [0.1, 0.15) is 18.1 Å². The zero-order chi connectivity index (χ0) is 17.1. The standard InChI is InChI=1S/C19H20N2O3/c1-12-9-14(10-13(2)18(12)24-8-7-22)19-20-11-15-16(21-19)5-4-6-17(15)23-3/h4-6,9-11,22H,7-8H2,1-3H3. The van der Waals surface area contributed by atoms with Crippen molar-refractivity contribution in [2.24, 2.45) is 0 Å². The van der Waals surface area contributed by atoms with Gasteiger partial charge in [0.25, 0.3) is 0 Å². The summed E-state index contributed by atoms with van der Waals surface area (Å²) in [5.74, 6) is 2.23. The lowest BCUT2D eigenvalue weighted by atomic mass is 10.0. The molecule has 0 atom stereocenters. The lowest BCUT2D eigenvalue weighted by Crippen LogP contribution is -2.04. The Morgan fingerprint density at radius 2 is 1.88 bits per heavy atom. The molecule has 0 saturated carbocycles. The summed E-state index contributed by atoms with van der Waals surface area (Å²) < 4.78 is 10.9. The highest BCUT2D eigenvalue weighted by molar-refractivity contribution is 5.85. The number of fused-ring (bicyclic) bond motifs is 1. The van der Waals surface area contributed by atoms with E-state index in [1.807, 2.05) is 44.2 Å². The average molecular weight is 324 g/mol. The third-order valence-electron chi connectivity index (χ3n) is 3.86. The van der Waals surface area contributed by atoms with E-state index in [9.17, 15) is 0 Å². The predicted octanol–water partition coefficient (Wildman–Crippen LogP) is 3.29. The molecule has 3 rings (SSSR count). The number of aliphatic hydroxyl groups excluding tert-OH is 1. The van der Waals surface area contributed by atoms with E-state index in [1.54, 1.807) is 13.3 Å². The van der Waals surface area contributed by atoms with Crippen molar-refractivity contribution < 1.29 is 14.6 Å². The van der Waals surface area contributed by atoms with Gasteiger partial charge in [-0.2, -0.15) is 0 Å². The SMILES string of the molecule is COc1cccc2nc(-c3cc(C)c(OCCO)c(C)c3)ncc12. The van der Waals surface area contributed by atoms with Gasteiger partial charge in [-0.15, -0.1) is 0 Å². The maximum absolute atomic E-state index is 8.93. The van der Waals surface area contributed by atoms with Crippen LogP contribution in [0.1, 0.15) is 11.1 Å². The first kappa shape index (κ1) is 16.2. The Hall–Kier alpha value is -2.66. The van der Waals surface area contributed by atoms with Gasteiger partial charge in [-0.3, -0.25) is 0 Å². The van der Waals surface area contributed by atoms with Crippen LogP contribution < -0.4 is 9.47 Å². The molecule has 0 amide bonds. The second kappa shape index (κ2) is 6.84. The first-order chi connectivity index (χ1) is 11.6. The zero-order valence-electron chi connectivity index (χ0n) is 14.0. The molecule has 3 aromatic rings. The maximum atomic E-state index is 8.93. The van der Waals surface area contributed by atoms with Crippen LogP contribution in [0.25, 0.3) is 22.3 Å². The van der Waals surface area contributed by atoms with E-state index in [4.69, 9.17) is 14.6 Å². The lowest BCUT2D eigenvalue weighted by molar-refractivity contribution is 0.200. The molecule has 5 nitrogen and oxygen atoms in total. The van der Waals surface area contributed by atoms with Crippen molar-refractivity contribution in [1.29, 1.82) is 0 Å². The Bertz CT molecular complexity index is 855. The summed E-state index contributed by atoms with van der Waals surface area (Å²) >= 11 is 0. The first-order valence-electron chi connectivity index (χ1n) is 7.79. The van der Waals surface area contributed by atoms with Crippen LogP contribution in [0.5, 0.6) is 11.5 Å². The van der Waals surface area contributed by atoms with Crippen LogP contribution in [0.3, 0.4) is 0 Å². The van der Waals surface area contributed by atoms with E-state index >= 15 is 0 Å². The molecule has 1 aromatic heterocycles. The second-order valence-electron chi connectivity index (χ2n) is 5.60. The number of hydrogen-bond acceptors (Lipinski definition) is 5. The molecule has 0 aliphatic heterocycles. The molecule has 0 unspecified atom stereocenters. The monoisotopic (exact) mass is 324 g/mol. The number of rotatable bonds is 5. The average Bonchev–Trinajstić information content (AvgIpc) is 2.60. The van der Waals surface area contributed by atoms with E-state index < -0.39 is 0 Å². The molecule has 0 fully saturated rings. The number of aromatic nitrogens is 2. The molecular formula is C19H20N2O3. The third-order valence-corrected chi connectivity index (χ3v) is 3.86. The summed E-state index contributed by atoms with van der Waals surface area (Å²) in [4.78, 5) is 9.14. The van der Waals surface area contributed by atoms with Crippen LogP contribution in [-0.4, -0.2) is 35.4 Å². The molecule has 0 aliphatic carbocycles. The van der Waals surface area contributed by atoms with Gasteiger partial charge in [-0.1, -0.05) is 6.07 Å². The van der Waals surface area contributed by atoms with Gasteiger partial charge in [0, 0.05) is 11.8 Å². The fourth-order valence-corrected chi connectivity index (χ4v) is 2.80.